The largest absolute Gasteiger partial charge is 0.503 e. The lowest BCUT2D eigenvalue weighted by Crippen LogP contribution is -2.63. The van der Waals surface area contributed by atoms with Gasteiger partial charge in [0, 0.05) is 37.0 Å². The van der Waals surface area contributed by atoms with Crippen molar-refractivity contribution in [3.63, 3.8) is 0 Å². The third kappa shape index (κ3) is 4.15. The Labute approximate surface area is 204 Å². The summed E-state index contributed by atoms with van der Waals surface area (Å²) in [5.41, 5.74) is -1.53. The fourth-order valence-corrected chi connectivity index (χ4v) is 4.85. The summed E-state index contributed by atoms with van der Waals surface area (Å²) in [5.74, 6) is -3.02. The van der Waals surface area contributed by atoms with Crippen LogP contribution in [0.3, 0.4) is 0 Å². The first-order valence-corrected chi connectivity index (χ1v) is 11.5. The summed E-state index contributed by atoms with van der Waals surface area (Å²) < 4.78 is 33.9. The second-order valence-corrected chi connectivity index (χ2v) is 9.02. The zero-order valence-corrected chi connectivity index (χ0v) is 19.4. The lowest BCUT2D eigenvalue weighted by molar-refractivity contribution is -0.0386. The molecular formula is C25H24F2N4O5. The average molecular weight is 498 g/mol. The minimum absolute atomic E-state index is 0.0302. The summed E-state index contributed by atoms with van der Waals surface area (Å²) in [6, 6.07) is 6.45. The Bertz CT molecular complexity index is 1390. The highest BCUT2D eigenvalue weighted by atomic mass is 19.1. The number of furan rings is 1. The van der Waals surface area contributed by atoms with E-state index in [-0.39, 0.29) is 42.1 Å². The predicted octanol–water partition coefficient (Wildman–Crippen LogP) is 2.43. The minimum atomic E-state index is -0.998. The van der Waals surface area contributed by atoms with Gasteiger partial charge in [-0.1, -0.05) is 6.07 Å². The van der Waals surface area contributed by atoms with E-state index in [9.17, 15) is 28.3 Å². The van der Waals surface area contributed by atoms with Crippen molar-refractivity contribution in [3.8, 4) is 5.75 Å². The van der Waals surface area contributed by atoms with Crippen LogP contribution in [0.5, 0.6) is 5.75 Å². The number of carbonyl (C=O) groups excluding carboxylic acids is 2. The Balaban J connectivity index is 1.44. The standard InChI is InChI=1S/C25H24F2N4O5/c1-14-6-7-29(11-17-3-2-8-36-17)20-13-30-12-18(22(32)23(33)21(30)25(35)31(14)20)24(34)28-10-15-4-5-16(26)9-19(15)27/h2-5,8-9,12,14,20,33H,6-7,10-11,13H2,1H3,(H,28,34)/t14-,20-/m0/s1. The molecule has 2 aliphatic rings. The molecule has 1 aromatic carbocycles. The number of hydrogen-bond acceptors (Lipinski definition) is 6. The molecule has 2 aromatic heterocycles. The second kappa shape index (κ2) is 9.23. The van der Waals surface area contributed by atoms with E-state index >= 15 is 0 Å². The lowest BCUT2D eigenvalue weighted by atomic mass is 10.0. The number of nitrogens with zero attached hydrogens (tertiary/aromatic N) is 3. The molecule has 0 saturated carbocycles. The molecule has 9 nitrogen and oxygen atoms in total. The Morgan fingerprint density at radius 1 is 1.25 bits per heavy atom. The zero-order valence-electron chi connectivity index (χ0n) is 19.4. The number of aromatic hydroxyl groups is 1. The molecule has 2 N–H and O–H groups in total. The fourth-order valence-electron chi connectivity index (χ4n) is 4.85. The van der Waals surface area contributed by atoms with E-state index < -0.39 is 34.6 Å². The van der Waals surface area contributed by atoms with Crippen LogP contribution in [-0.4, -0.2) is 50.0 Å². The second-order valence-electron chi connectivity index (χ2n) is 9.02. The first-order valence-electron chi connectivity index (χ1n) is 11.5. The number of rotatable bonds is 5. The monoisotopic (exact) mass is 498 g/mol. The first-order chi connectivity index (χ1) is 17.2. The van der Waals surface area contributed by atoms with Crippen molar-refractivity contribution < 1.29 is 27.9 Å². The molecule has 36 heavy (non-hydrogen) atoms. The highest BCUT2D eigenvalue weighted by Crippen LogP contribution is 2.31. The normalized spacial score (nSPS) is 19.6. The minimum Gasteiger partial charge on any atom is -0.503 e. The van der Waals surface area contributed by atoms with Crippen LogP contribution in [0.25, 0.3) is 0 Å². The number of pyridine rings is 1. The number of hydrogen-bond donors (Lipinski definition) is 2. The number of aromatic nitrogens is 1. The molecule has 188 valence electrons. The Kier molecular flexibility index (Phi) is 6.09. The van der Waals surface area contributed by atoms with Gasteiger partial charge in [0.25, 0.3) is 11.8 Å². The molecule has 11 heteroatoms. The number of nitrogens with one attached hydrogen (secondary N) is 1. The van der Waals surface area contributed by atoms with Crippen LogP contribution in [0.1, 0.15) is 45.5 Å². The predicted molar refractivity (Wildman–Crippen MR) is 123 cm³/mol. The molecule has 2 aliphatic heterocycles. The topological polar surface area (TPSA) is 108 Å². The molecule has 0 bridgehead atoms. The van der Waals surface area contributed by atoms with Gasteiger partial charge in [-0.25, -0.2) is 8.78 Å². The SMILES string of the molecule is C[C@H]1CCN(Cc2ccco2)[C@@H]2Cn3cc(C(=O)NCc4ccc(F)cc4F)c(=O)c(O)c3C(=O)N12. The molecule has 4 heterocycles. The van der Waals surface area contributed by atoms with Crippen LogP contribution in [0.4, 0.5) is 8.78 Å². The molecule has 0 unspecified atom stereocenters. The van der Waals surface area contributed by atoms with Crippen molar-refractivity contribution in [2.75, 3.05) is 6.54 Å². The summed E-state index contributed by atoms with van der Waals surface area (Å²) in [5, 5.41) is 13.1. The summed E-state index contributed by atoms with van der Waals surface area (Å²) in [4.78, 5) is 42.8. The molecular weight excluding hydrogens is 474 g/mol. The van der Waals surface area contributed by atoms with E-state index in [4.69, 9.17) is 4.42 Å². The number of carbonyl (C=O) groups is 2. The molecule has 2 amide bonds. The maximum absolute atomic E-state index is 13.9. The number of amides is 2. The Hall–Kier alpha value is -3.99. The summed E-state index contributed by atoms with van der Waals surface area (Å²) in [6.07, 6.45) is 3.14. The highest BCUT2D eigenvalue weighted by molar-refractivity contribution is 5.99. The van der Waals surface area contributed by atoms with E-state index in [1.165, 1.54) is 16.8 Å². The van der Waals surface area contributed by atoms with Gasteiger partial charge in [0.1, 0.15) is 29.1 Å². The van der Waals surface area contributed by atoms with Crippen molar-refractivity contribution in [1.82, 2.24) is 19.7 Å². The van der Waals surface area contributed by atoms with E-state index in [1.807, 2.05) is 13.0 Å². The van der Waals surface area contributed by atoms with Crippen LogP contribution in [-0.2, 0) is 19.6 Å². The van der Waals surface area contributed by atoms with Gasteiger partial charge in [0.05, 0.1) is 19.4 Å². The molecule has 3 aromatic rings. The zero-order chi connectivity index (χ0) is 25.6. The molecule has 5 rings (SSSR count). The lowest BCUT2D eigenvalue weighted by Gasteiger charge is -2.50. The number of fused-ring (bicyclic) bond motifs is 2. The van der Waals surface area contributed by atoms with E-state index in [2.05, 4.69) is 10.2 Å². The van der Waals surface area contributed by atoms with Crippen molar-refractivity contribution in [2.24, 2.45) is 0 Å². The van der Waals surface area contributed by atoms with E-state index in [0.29, 0.717) is 25.6 Å². The van der Waals surface area contributed by atoms with Crippen molar-refractivity contribution in [3.05, 3.63) is 87.2 Å². The van der Waals surface area contributed by atoms with Gasteiger partial charge in [-0.05, 0) is 31.5 Å². The first kappa shape index (κ1) is 23.7. The van der Waals surface area contributed by atoms with Crippen LogP contribution in [0, 0.1) is 11.6 Å². The molecule has 1 fully saturated rings. The van der Waals surface area contributed by atoms with Gasteiger partial charge in [-0.3, -0.25) is 19.3 Å². The smallest absolute Gasteiger partial charge is 0.276 e. The van der Waals surface area contributed by atoms with E-state index in [1.54, 1.807) is 17.2 Å². The van der Waals surface area contributed by atoms with Crippen LogP contribution in [0.15, 0.2) is 52.0 Å². The van der Waals surface area contributed by atoms with Crippen molar-refractivity contribution in [1.29, 1.82) is 0 Å². The maximum atomic E-state index is 13.9. The Morgan fingerprint density at radius 3 is 2.78 bits per heavy atom. The number of halogens is 2. The molecule has 0 radical (unpaired) electrons. The maximum Gasteiger partial charge on any atom is 0.276 e. The highest BCUT2D eigenvalue weighted by Gasteiger charge is 2.43. The molecule has 1 saturated heterocycles. The summed E-state index contributed by atoms with van der Waals surface area (Å²) in [7, 11) is 0. The third-order valence-corrected chi connectivity index (χ3v) is 6.74. The average Bonchev–Trinajstić information content (AvgIpc) is 3.35. The fraction of sp³-hybridized carbons (Fsp3) is 0.320. The molecule has 2 atom stereocenters. The van der Waals surface area contributed by atoms with Gasteiger partial charge < -0.3 is 24.3 Å². The van der Waals surface area contributed by atoms with Crippen LogP contribution < -0.4 is 10.7 Å². The van der Waals surface area contributed by atoms with Gasteiger partial charge in [0.2, 0.25) is 5.43 Å². The van der Waals surface area contributed by atoms with Gasteiger partial charge >= 0.3 is 0 Å². The van der Waals surface area contributed by atoms with Gasteiger partial charge in [-0.2, -0.15) is 0 Å². The molecule has 0 spiro atoms. The van der Waals surface area contributed by atoms with E-state index in [0.717, 1.165) is 11.8 Å². The van der Waals surface area contributed by atoms with Gasteiger partial charge in [0.15, 0.2) is 11.4 Å². The van der Waals surface area contributed by atoms with Crippen molar-refractivity contribution in [2.45, 2.75) is 45.2 Å². The summed E-state index contributed by atoms with van der Waals surface area (Å²) >= 11 is 0. The van der Waals surface area contributed by atoms with Crippen LogP contribution >= 0.6 is 0 Å². The third-order valence-electron chi connectivity index (χ3n) is 6.74. The molecule has 0 aliphatic carbocycles. The van der Waals surface area contributed by atoms with Crippen LogP contribution in [0.2, 0.25) is 0 Å². The quantitative estimate of drug-likeness (QED) is 0.560. The Morgan fingerprint density at radius 2 is 2.06 bits per heavy atom. The summed E-state index contributed by atoms with van der Waals surface area (Å²) in [6.45, 7) is 3.00. The van der Waals surface area contributed by atoms with Crippen molar-refractivity contribution >= 4 is 11.8 Å². The number of benzene rings is 1. The van der Waals surface area contributed by atoms with Gasteiger partial charge in [-0.15, -0.1) is 0 Å².